The summed E-state index contributed by atoms with van der Waals surface area (Å²) in [6, 6.07) is 17.4. The molecule has 1 aliphatic heterocycles. The summed E-state index contributed by atoms with van der Waals surface area (Å²) in [4.78, 5) is 29.4. The second-order valence-corrected chi connectivity index (χ2v) is 8.23. The summed E-state index contributed by atoms with van der Waals surface area (Å²) in [6.07, 6.45) is 1.82. The minimum Gasteiger partial charge on any atom is -0.492 e. The van der Waals surface area contributed by atoms with Crippen molar-refractivity contribution in [3.8, 4) is 5.75 Å². The lowest BCUT2D eigenvalue weighted by Crippen LogP contribution is -2.29. The number of amides is 2. The van der Waals surface area contributed by atoms with Crippen LogP contribution >= 0.6 is 0 Å². The van der Waals surface area contributed by atoms with Gasteiger partial charge in [0.25, 0.3) is 0 Å². The standard InChI is InChI=1S/C25H29N5O3/c1-4-33-22-8-6-5-7-21(22)29-17-19(15-24(29)31)25(32)27-23-13-14-26-30(23)16-18-9-11-20(12-10-18)28(2)3/h5-14,19H,4,15-17H2,1-3H3,(H,27,32). The molecule has 1 aliphatic rings. The molecule has 8 heteroatoms. The summed E-state index contributed by atoms with van der Waals surface area (Å²) in [5.41, 5.74) is 2.90. The van der Waals surface area contributed by atoms with E-state index < -0.39 is 5.92 Å². The van der Waals surface area contributed by atoms with E-state index in [1.165, 1.54) is 0 Å². The Hall–Kier alpha value is -3.81. The number of carbonyl (C=O) groups excluding carboxylic acids is 2. The normalized spacial score (nSPS) is 15.5. The lowest BCUT2D eigenvalue weighted by Gasteiger charge is -2.20. The first-order valence-corrected chi connectivity index (χ1v) is 11.1. The Bertz CT molecular complexity index is 1120. The van der Waals surface area contributed by atoms with Gasteiger partial charge in [-0.3, -0.25) is 9.59 Å². The highest BCUT2D eigenvalue weighted by Crippen LogP contribution is 2.33. The molecule has 1 fully saturated rings. The minimum absolute atomic E-state index is 0.0863. The molecular weight excluding hydrogens is 418 g/mol. The number of para-hydroxylation sites is 2. The van der Waals surface area contributed by atoms with Crippen molar-refractivity contribution in [2.75, 3.05) is 42.4 Å². The highest BCUT2D eigenvalue weighted by molar-refractivity contribution is 6.04. The van der Waals surface area contributed by atoms with Crippen molar-refractivity contribution in [1.29, 1.82) is 0 Å². The zero-order chi connectivity index (χ0) is 23.4. The predicted octanol–water partition coefficient (Wildman–Crippen LogP) is 3.39. The van der Waals surface area contributed by atoms with E-state index in [1.54, 1.807) is 21.8 Å². The van der Waals surface area contributed by atoms with Crippen molar-refractivity contribution >= 4 is 29.0 Å². The third kappa shape index (κ3) is 5.00. The molecule has 2 amide bonds. The van der Waals surface area contributed by atoms with Crippen LogP contribution in [-0.2, 0) is 16.1 Å². The molecule has 172 valence electrons. The Labute approximate surface area is 193 Å². The van der Waals surface area contributed by atoms with Gasteiger partial charge in [-0.15, -0.1) is 0 Å². The third-order valence-corrected chi connectivity index (χ3v) is 5.70. The van der Waals surface area contributed by atoms with Crippen molar-refractivity contribution in [1.82, 2.24) is 9.78 Å². The lowest BCUT2D eigenvalue weighted by atomic mass is 10.1. The van der Waals surface area contributed by atoms with Crippen LogP contribution in [0, 0.1) is 5.92 Å². The Balaban J connectivity index is 1.43. The molecule has 0 aliphatic carbocycles. The lowest BCUT2D eigenvalue weighted by molar-refractivity contribution is -0.122. The minimum atomic E-state index is -0.449. The second-order valence-electron chi connectivity index (χ2n) is 8.23. The molecule has 3 aromatic rings. The number of hydrogen-bond acceptors (Lipinski definition) is 5. The molecule has 33 heavy (non-hydrogen) atoms. The average Bonchev–Trinajstić information content (AvgIpc) is 3.41. The molecule has 8 nitrogen and oxygen atoms in total. The van der Waals surface area contributed by atoms with Crippen LogP contribution in [0.1, 0.15) is 18.9 Å². The Morgan fingerprint density at radius 2 is 1.91 bits per heavy atom. The van der Waals surface area contributed by atoms with Crippen LogP contribution in [0.5, 0.6) is 5.75 Å². The zero-order valence-corrected chi connectivity index (χ0v) is 19.2. The quantitative estimate of drug-likeness (QED) is 0.573. The first-order valence-electron chi connectivity index (χ1n) is 11.1. The number of rotatable bonds is 8. The van der Waals surface area contributed by atoms with Crippen LogP contribution < -0.4 is 19.9 Å². The van der Waals surface area contributed by atoms with E-state index in [2.05, 4.69) is 22.5 Å². The number of aromatic nitrogens is 2. The van der Waals surface area contributed by atoms with Crippen molar-refractivity contribution < 1.29 is 14.3 Å². The molecule has 0 bridgehead atoms. The van der Waals surface area contributed by atoms with Gasteiger partial charge >= 0.3 is 0 Å². The van der Waals surface area contributed by atoms with Crippen LogP contribution in [-0.4, -0.2) is 48.8 Å². The van der Waals surface area contributed by atoms with Gasteiger partial charge in [-0.2, -0.15) is 5.10 Å². The fourth-order valence-corrected chi connectivity index (χ4v) is 3.94. The van der Waals surface area contributed by atoms with E-state index in [-0.39, 0.29) is 18.2 Å². The highest BCUT2D eigenvalue weighted by Gasteiger charge is 2.36. The largest absolute Gasteiger partial charge is 0.492 e. The first kappa shape index (κ1) is 22.4. The Morgan fingerprint density at radius 3 is 2.64 bits per heavy atom. The summed E-state index contributed by atoms with van der Waals surface area (Å²) in [5, 5.41) is 7.31. The Morgan fingerprint density at radius 1 is 1.15 bits per heavy atom. The SMILES string of the molecule is CCOc1ccccc1N1CC(C(=O)Nc2ccnn2Cc2ccc(N(C)C)cc2)CC1=O. The maximum atomic E-state index is 13.0. The highest BCUT2D eigenvalue weighted by atomic mass is 16.5. The summed E-state index contributed by atoms with van der Waals surface area (Å²) in [7, 11) is 4.00. The van der Waals surface area contributed by atoms with E-state index in [0.29, 0.717) is 37.0 Å². The van der Waals surface area contributed by atoms with Crippen LogP contribution in [0.4, 0.5) is 17.2 Å². The zero-order valence-electron chi connectivity index (χ0n) is 19.2. The predicted molar refractivity (Wildman–Crippen MR) is 129 cm³/mol. The summed E-state index contributed by atoms with van der Waals surface area (Å²) in [6.45, 7) is 3.26. The number of nitrogens with zero attached hydrogens (tertiary/aromatic N) is 4. The van der Waals surface area contributed by atoms with Crippen molar-refractivity contribution in [3.63, 3.8) is 0 Å². The van der Waals surface area contributed by atoms with Gasteiger partial charge in [0.05, 0.1) is 31.0 Å². The van der Waals surface area contributed by atoms with Gasteiger partial charge in [0, 0.05) is 38.8 Å². The molecule has 1 N–H and O–H groups in total. The average molecular weight is 448 g/mol. The molecule has 0 radical (unpaired) electrons. The van der Waals surface area contributed by atoms with E-state index in [9.17, 15) is 9.59 Å². The van der Waals surface area contributed by atoms with E-state index in [0.717, 1.165) is 11.3 Å². The molecular formula is C25H29N5O3. The van der Waals surface area contributed by atoms with Crippen molar-refractivity contribution in [2.24, 2.45) is 5.92 Å². The maximum absolute atomic E-state index is 13.0. The molecule has 1 aromatic heterocycles. The third-order valence-electron chi connectivity index (χ3n) is 5.70. The van der Waals surface area contributed by atoms with Crippen LogP contribution in [0.25, 0.3) is 0 Å². The topological polar surface area (TPSA) is 79.7 Å². The molecule has 2 heterocycles. The smallest absolute Gasteiger partial charge is 0.230 e. The van der Waals surface area contributed by atoms with Crippen molar-refractivity contribution in [2.45, 2.75) is 19.9 Å². The van der Waals surface area contributed by atoms with Gasteiger partial charge in [0.15, 0.2) is 0 Å². The number of anilines is 3. The van der Waals surface area contributed by atoms with Gasteiger partial charge in [-0.25, -0.2) is 4.68 Å². The van der Waals surface area contributed by atoms with Crippen LogP contribution in [0.15, 0.2) is 60.8 Å². The van der Waals surface area contributed by atoms with Gasteiger partial charge in [-0.05, 0) is 36.8 Å². The molecule has 0 spiro atoms. The summed E-state index contributed by atoms with van der Waals surface area (Å²) >= 11 is 0. The van der Waals surface area contributed by atoms with E-state index in [1.807, 2.05) is 62.3 Å². The fraction of sp³-hybridized carbons (Fsp3) is 0.320. The Kier molecular flexibility index (Phi) is 6.63. The molecule has 2 aromatic carbocycles. The van der Waals surface area contributed by atoms with Gasteiger partial charge in [0.1, 0.15) is 11.6 Å². The number of carbonyl (C=O) groups is 2. The van der Waals surface area contributed by atoms with Gasteiger partial charge in [-0.1, -0.05) is 24.3 Å². The van der Waals surface area contributed by atoms with Gasteiger partial charge < -0.3 is 19.9 Å². The number of nitrogens with one attached hydrogen (secondary N) is 1. The fourth-order valence-electron chi connectivity index (χ4n) is 3.94. The number of ether oxygens (including phenoxy) is 1. The monoisotopic (exact) mass is 447 g/mol. The molecule has 1 atom stereocenters. The van der Waals surface area contributed by atoms with E-state index in [4.69, 9.17) is 4.74 Å². The first-order chi connectivity index (χ1) is 16.0. The number of benzene rings is 2. The number of hydrogen-bond donors (Lipinski definition) is 1. The molecule has 4 rings (SSSR count). The van der Waals surface area contributed by atoms with Crippen LogP contribution in [0.3, 0.4) is 0 Å². The van der Waals surface area contributed by atoms with E-state index >= 15 is 0 Å². The molecule has 1 saturated heterocycles. The molecule has 1 unspecified atom stereocenters. The van der Waals surface area contributed by atoms with Crippen LogP contribution in [0.2, 0.25) is 0 Å². The van der Waals surface area contributed by atoms with Crippen molar-refractivity contribution in [3.05, 3.63) is 66.4 Å². The maximum Gasteiger partial charge on any atom is 0.230 e. The second kappa shape index (κ2) is 9.77. The van der Waals surface area contributed by atoms with Gasteiger partial charge in [0.2, 0.25) is 11.8 Å². The summed E-state index contributed by atoms with van der Waals surface area (Å²) < 4.78 is 7.41. The molecule has 0 saturated carbocycles. The summed E-state index contributed by atoms with van der Waals surface area (Å²) in [5.74, 6) is 0.529.